The first-order valence-corrected chi connectivity index (χ1v) is 6.58. The van der Waals surface area contributed by atoms with Crippen molar-refractivity contribution in [3.8, 4) is 0 Å². The van der Waals surface area contributed by atoms with Crippen molar-refractivity contribution in [1.82, 2.24) is 0 Å². The first-order valence-electron chi connectivity index (χ1n) is 6.15. The van der Waals surface area contributed by atoms with Crippen LogP contribution >= 0.6 is 11.6 Å². The molecule has 3 rings (SSSR count). The summed E-state index contributed by atoms with van der Waals surface area (Å²) < 4.78 is 5.15. The van der Waals surface area contributed by atoms with Gasteiger partial charge in [0.15, 0.2) is 0 Å². The van der Waals surface area contributed by atoms with E-state index in [9.17, 15) is 10.1 Å². The molecule has 0 saturated carbocycles. The maximum absolute atomic E-state index is 10.6. The maximum Gasteiger partial charge on any atom is 0.433 e. The fraction of sp³-hybridized carbons (Fsp3) is 0.286. The predicted molar refractivity (Wildman–Crippen MR) is 71.5 cm³/mol. The highest BCUT2D eigenvalue weighted by atomic mass is 35.5. The number of nitro groups is 1. The zero-order valence-electron chi connectivity index (χ0n) is 10.1. The molecule has 0 N–H and O–H groups in total. The molecule has 19 heavy (non-hydrogen) atoms. The van der Waals surface area contributed by atoms with E-state index in [4.69, 9.17) is 16.0 Å². The number of fused-ring (bicyclic) bond motifs is 1. The first kappa shape index (κ1) is 12.2. The quantitative estimate of drug-likeness (QED) is 0.484. The molecule has 5 heteroatoms. The van der Waals surface area contributed by atoms with Gasteiger partial charge in [-0.05, 0) is 42.0 Å². The van der Waals surface area contributed by atoms with Crippen LogP contribution in [-0.4, -0.2) is 4.92 Å². The summed E-state index contributed by atoms with van der Waals surface area (Å²) in [6.45, 7) is 0. The second-order valence-electron chi connectivity index (χ2n) is 4.68. The van der Waals surface area contributed by atoms with E-state index >= 15 is 0 Å². The Balaban J connectivity index is 1.90. The van der Waals surface area contributed by atoms with Gasteiger partial charge >= 0.3 is 5.88 Å². The average Bonchev–Trinajstić information content (AvgIpc) is 3.06. The summed E-state index contributed by atoms with van der Waals surface area (Å²) in [5.74, 6) is 0.133. The molecule has 0 saturated heterocycles. The van der Waals surface area contributed by atoms with Crippen molar-refractivity contribution in [1.29, 1.82) is 0 Å². The molecule has 1 aliphatic carbocycles. The highest BCUT2D eigenvalue weighted by Gasteiger charge is 2.21. The van der Waals surface area contributed by atoms with Crippen LogP contribution in [0.5, 0.6) is 0 Å². The van der Waals surface area contributed by atoms with Crippen LogP contribution in [0, 0.1) is 10.1 Å². The molecule has 1 aromatic carbocycles. The summed E-state index contributed by atoms with van der Waals surface area (Å²) in [4.78, 5) is 10.0. The van der Waals surface area contributed by atoms with Crippen LogP contribution in [-0.2, 0) is 12.8 Å². The number of hydrogen-bond donors (Lipinski definition) is 0. The Morgan fingerprint density at radius 3 is 2.74 bits per heavy atom. The van der Waals surface area contributed by atoms with Gasteiger partial charge in [0.2, 0.25) is 0 Å². The number of halogens is 1. The van der Waals surface area contributed by atoms with Gasteiger partial charge in [0.1, 0.15) is 16.1 Å². The van der Waals surface area contributed by atoms with Crippen LogP contribution in [0.3, 0.4) is 0 Å². The van der Waals surface area contributed by atoms with Gasteiger partial charge in [-0.15, -0.1) is 11.6 Å². The van der Waals surface area contributed by atoms with Crippen LogP contribution in [0.1, 0.15) is 34.2 Å². The first-order chi connectivity index (χ1) is 9.15. The van der Waals surface area contributed by atoms with Crippen molar-refractivity contribution in [3.63, 3.8) is 0 Å². The Morgan fingerprint density at radius 1 is 1.21 bits per heavy atom. The molecule has 98 valence electrons. The number of nitrogens with zero attached hydrogens (tertiary/aromatic N) is 1. The van der Waals surface area contributed by atoms with Gasteiger partial charge in [0, 0.05) is 0 Å². The second kappa shape index (κ2) is 4.70. The third-order valence-electron chi connectivity index (χ3n) is 3.46. The lowest BCUT2D eigenvalue weighted by molar-refractivity contribution is -0.402. The van der Waals surface area contributed by atoms with E-state index in [1.54, 1.807) is 6.07 Å². The second-order valence-corrected chi connectivity index (χ2v) is 5.11. The molecule has 1 unspecified atom stereocenters. The number of alkyl halides is 1. The van der Waals surface area contributed by atoms with Crippen LogP contribution in [0.25, 0.3) is 0 Å². The van der Waals surface area contributed by atoms with E-state index in [0.717, 1.165) is 18.4 Å². The molecule has 1 atom stereocenters. The number of furan rings is 1. The van der Waals surface area contributed by atoms with Crippen molar-refractivity contribution >= 4 is 17.5 Å². The summed E-state index contributed by atoms with van der Waals surface area (Å²) in [7, 11) is 0. The molecule has 2 aromatic rings. The van der Waals surface area contributed by atoms with Gasteiger partial charge < -0.3 is 4.42 Å². The van der Waals surface area contributed by atoms with Crippen molar-refractivity contribution in [2.24, 2.45) is 0 Å². The van der Waals surface area contributed by atoms with E-state index < -0.39 is 10.3 Å². The summed E-state index contributed by atoms with van der Waals surface area (Å²) in [5.41, 5.74) is 3.62. The Hall–Kier alpha value is -1.81. The lowest BCUT2D eigenvalue weighted by Gasteiger charge is -2.08. The van der Waals surface area contributed by atoms with E-state index in [1.165, 1.54) is 23.6 Å². The molecule has 1 heterocycles. The smallest absolute Gasteiger partial charge is 0.404 e. The molecule has 4 nitrogen and oxygen atoms in total. The number of hydrogen-bond acceptors (Lipinski definition) is 3. The fourth-order valence-electron chi connectivity index (χ4n) is 2.49. The highest BCUT2D eigenvalue weighted by Crippen LogP contribution is 2.34. The molecule has 0 radical (unpaired) electrons. The molecule has 1 aliphatic rings. The average molecular weight is 278 g/mol. The van der Waals surface area contributed by atoms with E-state index in [1.807, 2.05) is 6.07 Å². The Kier molecular flexibility index (Phi) is 3.03. The molecule has 0 aliphatic heterocycles. The number of benzene rings is 1. The molecule has 0 bridgehead atoms. The normalized spacial score (nSPS) is 15.2. The van der Waals surface area contributed by atoms with Crippen molar-refractivity contribution in [2.75, 3.05) is 0 Å². The van der Waals surface area contributed by atoms with E-state index in [-0.39, 0.29) is 5.88 Å². The monoisotopic (exact) mass is 277 g/mol. The number of rotatable bonds is 3. The van der Waals surface area contributed by atoms with Crippen LogP contribution in [0.15, 0.2) is 34.7 Å². The van der Waals surface area contributed by atoms with Crippen molar-refractivity contribution in [2.45, 2.75) is 24.6 Å². The Morgan fingerprint density at radius 2 is 2.00 bits per heavy atom. The van der Waals surface area contributed by atoms with E-state index in [0.29, 0.717) is 5.76 Å². The fourth-order valence-corrected chi connectivity index (χ4v) is 2.74. The predicted octanol–water partition coefficient (Wildman–Crippen LogP) is 4.00. The molecule has 0 amide bonds. The lowest BCUT2D eigenvalue weighted by Crippen LogP contribution is -1.94. The van der Waals surface area contributed by atoms with Gasteiger partial charge in [0.25, 0.3) is 0 Å². The van der Waals surface area contributed by atoms with Crippen LogP contribution in [0.4, 0.5) is 5.88 Å². The van der Waals surface area contributed by atoms with Gasteiger partial charge in [-0.25, -0.2) is 0 Å². The largest absolute Gasteiger partial charge is 0.433 e. The minimum Gasteiger partial charge on any atom is -0.404 e. The topological polar surface area (TPSA) is 56.3 Å². The summed E-state index contributed by atoms with van der Waals surface area (Å²) in [5, 5.41) is 10.1. The molecule has 1 aromatic heterocycles. The van der Waals surface area contributed by atoms with Gasteiger partial charge in [-0.2, -0.15) is 0 Å². The molecular formula is C14H12ClNO3. The van der Waals surface area contributed by atoms with Crippen molar-refractivity contribution in [3.05, 3.63) is 62.9 Å². The molecular weight excluding hydrogens is 266 g/mol. The van der Waals surface area contributed by atoms with Gasteiger partial charge in [-0.1, -0.05) is 18.2 Å². The van der Waals surface area contributed by atoms with Crippen LogP contribution in [0.2, 0.25) is 0 Å². The zero-order chi connectivity index (χ0) is 13.4. The van der Waals surface area contributed by atoms with Crippen LogP contribution < -0.4 is 0 Å². The van der Waals surface area contributed by atoms with Gasteiger partial charge in [-0.3, -0.25) is 10.1 Å². The SMILES string of the molecule is O=[N+]([O-])c1ccc(C(Cl)c2ccc3c(c2)CCC3)o1. The minimum absolute atomic E-state index is 0.276. The minimum atomic E-state index is -0.560. The summed E-state index contributed by atoms with van der Waals surface area (Å²) in [6, 6.07) is 9.02. The number of aryl methyl sites for hydroxylation is 2. The lowest BCUT2D eigenvalue weighted by atomic mass is 10.0. The van der Waals surface area contributed by atoms with Crippen molar-refractivity contribution < 1.29 is 9.34 Å². The summed E-state index contributed by atoms with van der Waals surface area (Å²) in [6.07, 6.45) is 3.37. The third-order valence-corrected chi connectivity index (χ3v) is 3.92. The highest BCUT2D eigenvalue weighted by molar-refractivity contribution is 6.22. The Bertz CT molecular complexity index is 635. The standard InChI is InChI=1S/C14H12ClNO3/c15-14(12-6-7-13(19-12)16(17)18)11-5-4-9-2-1-3-10(9)8-11/h4-8,14H,1-3H2. The maximum atomic E-state index is 10.6. The van der Waals surface area contributed by atoms with E-state index in [2.05, 4.69) is 12.1 Å². The summed E-state index contributed by atoms with van der Waals surface area (Å²) >= 11 is 6.33. The Labute approximate surface area is 115 Å². The van der Waals surface area contributed by atoms with Gasteiger partial charge in [0.05, 0.1) is 6.07 Å². The molecule has 0 spiro atoms. The molecule has 0 fully saturated rings. The zero-order valence-corrected chi connectivity index (χ0v) is 10.9. The third kappa shape index (κ3) is 2.24.